The van der Waals surface area contributed by atoms with Gasteiger partial charge in [0.25, 0.3) is 0 Å². The maximum absolute atomic E-state index is 12.8. The summed E-state index contributed by atoms with van der Waals surface area (Å²) in [4.78, 5) is 13.9. The van der Waals surface area contributed by atoms with Crippen LogP contribution in [0.4, 0.5) is 4.39 Å². The van der Waals surface area contributed by atoms with Crippen LogP contribution < -0.4 is 5.32 Å². The lowest BCUT2D eigenvalue weighted by atomic mass is 9.86. The molecule has 0 aromatic heterocycles. The Morgan fingerprint density at radius 1 is 1.32 bits per heavy atom. The normalized spacial score (nSPS) is 21.8. The Hall–Kier alpha value is -1.46. The van der Waals surface area contributed by atoms with Gasteiger partial charge in [-0.2, -0.15) is 0 Å². The molecule has 4 nitrogen and oxygen atoms in total. The number of amides is 1. The molecular weight excluding hydrogens is 283 g/mol. The summed E-state index contributed by atoms with van der Waals surface area (Å²) in [5, 5.41) is 12.8. The van der Waals surface area contributed by atoms with E-state index in [0.29, 0.717) is 13.1 Å². The number of benzene rings is 1. The molecule has 5 heteroatoms. The highest BCUT2D eigenvalue weighted by Gasteiger charge is 2.24. The quantitative estimate of drug-likeness (QED) is 0.844. The highest BCUT2D eigenvalue weighted by molar-refractivity contribution is 5.77. The molecule has 2 unspecified atom stereocenters. The number of rotatable bonds is 6. The predicted octanol–water partition coefficient (Wildman–Crippen LogP) is 1.92. The Balaban J connectivity index is 1.70. The Morgan fingerprint density at radius 2 is 2.00 bits per heavy atom. The highest BCUT2D eigenvalue weighted by atomic mass is 19.1. The average molecular weight is 308 g/mol. The van der Waals surface area contributed by atoms with Gasteiger partial charge in [0.1, 0.15) is 5.82 Å². The number of nitrogens with zero attached hydrogens (tertiary/aromatic N) is 1. The minimum absolute atomic E-state index is 0.0582. The van der Waals surface area contributed by atoms with Crippen LogP contribution in [0.3, 0.4) is 0 Å². The van der Waals surface area contributed by atoms with E-state index in [1.807, 2.05) is 11.9 Å². The van der Waals surface area contributed by atoms with Crippen LogP contribution in [0.15, 0.2) is 24.3 Å². The first-order chi connectivity index (χ1) is 10.5. The van der Waals surface area contributed by atoms with Crippen molar-refractivity contribution in [1.82, 2.24) is 10.2 Å². The highest BCUT2D eigenvalue weighted by Crippen LogP contribution is 2.24. The fourth-order valence-corrected chi connectivity index (χ4v) is 2.97. The third-order valence-electron chi connectivity index (χ3n) is 4.23. The molecule has 22 heavy (non-hydrogen) atoms. The van der Waals surface area contributed by atoms with Gasteiger partial charge in [-0.25, -0.2) is 4.39 Å². The molecule has 0 aliphatic heterocycles. The van der Waals surface area contributed by atoms with Gasteiger partial charge < -0.3 is 10.4 Å². The number of halogens is 1. The van der Waals surface area contributed by atoms with Crippen molar-refractivity contribution in [2.24, 2.45) is 5.92 Å². The molecule has 0 saturated heterocycles. The summed E-state index contributed by atoms with van der Waals surface area (Å²) in [6, 6.07) is 6.10. The first-order valence-electron chi connectivity index (χ1n) is 7.92. The molecule has 0 spiro atoms. The van der Waals surface area contributed by atoms with Crippen molar-refractivity contribution in [2.45, 2.75) is 38.3 Å². The lowest BCUT2D eigenvalue weighted by molar-refractivity contribution is -0.122. The fraction of sp³-hybridized carbons (Fsp3) is 0.588. The number of aliphatic hydroxyl groups excluding tert-OH is 1. The Morgan fingerprint density at radius 3 is 2.68 bits per heavy atom. The average Bonchev–Trinajstić information content (AvgIpc) is 2.49. The van der Waals surface area contributed by atoms with Crippen LogP contribution in [0.1, 0.15) is 31.2 Å². The minimum atomic E-state index is -0.277. The zero-order valence-electron chi connectivity index (χ0n) is 13.1. The third-order valence-corrected chi connectivity index (χ3v) is 4.23. The molecule has 0 bridgehead atoms. The minimum Gasteiger partial charge on any atom is -0.393 e. The van der Waals surface area contributed by atoms with Crippen molar-refractivity contribution in [3.8, 4) is 0 Å². The van der Waals surface area contributed by atoms with Gasteiger partial charge in [0, 0.05) is 13.1 Å². The fourth-order valence-electron chi connectivity index (χ4n) is 2.97. The van der Waals surface area contributed by atoms with Gasteiger partial charge in [0.05, 0.1) is 12.6 Å². The molecule has 1 amide bonds. The van der Waals surface area contributed by atoms with Crippen molar-refractivity contribution >= 4 is 5.91 Å². The summed E-state index contributed by atoms with van der Waals surface area (Å²) in [6.07, 6.45) is 3.92. The zero-order valence-corrected chi connectivity index (χ0v) is 13.1. The number of carbonyl (C=O) groups excluding carboxylic acids is 1. The molecule has 1 aliphatic rings. The van der Waals surface area contributed by atoms with Gasteiger partial charge in [-0.15, -0.1) is 0 Å². The summed E-state index contributed by atoms with van der Waals surface area (Å²) < 4.78 is 12.8. The van der Waals surface area contributed by atoms with Crippen LogP contribution in [0, 0.1) is 11.7 Å². The maximum Gasteiger partial charge on any atom is 0.234 e. The first kappa shape index (κ1) is 16.9. The van der Waals surface area contributed by atoms with E-state index in [0.717, 1.165) is 37.8 Å². The van der Waals surface area contributed by atoms with Gasteiger partial charge in [-0.3, -0.25) is 9.69 Å². The molecule has 122 valence electrons. The summed E-state index contributed by atoms with van der Waals surface area (Å²) in [5.41, 5.74) is 0.875. The van der Waals surface area contributed by atoms with Crippen LogP contribution in [-0.2, 0) is 11.3 Å². The van der Waals surface area contributed by atoms with E-state index in [-0.39, 0.29) is 23.7 Å². The van der Waals surface area contributed by atoms with Crippen molar-refractivity contribution in [1.29, 1.82) is 0 Å². The third kappa shape index (κ3) is 5.39. The van der Waals surface area contributed by atoms with Crippen molar-refractivity contribution in [3.63, 3.8) is 0 Å². The SMILES string of the molecule is CN(CC(=O)NCc1ccc(F)cc1)CC1CCCCC1O. The second-order valence-corrected chi connectivity index (χ2v) is 6.21. The number of likely N-dealkylation sites (N-methyl/N-ethyl adjacent to an activating group) is 1. The number of hydrogen-bond donors (Lipinski definition) is 2. The van der Waals surface area contributed by atoms with E-state index in [2.05, 4.69) is 5.32 Å². The molecule has 0 radical (unpaired) electrons. The molecule has 0 heterocycles. The van der Waals surface area contributed by atoms with E-state index in [4.69, 9.17) is 0 Å². The lowest BCUT2D eigenvalue weighted by Gasteiger charge is -2.30. The van der Waals surface area contributed by atoms with Crippen LogP contribution in [0.25, 0.3) is 0 Å². The van der Waals surface area contributed by atoms with Crippen LogP contribution in [0.2, 0.25) is 0 Å². The number of nitrogens with one attached hydrogen (secondary N) is 1. The Bertz CT molecular complexity index is 478. The van der Waals surface area contributed by atoms with Gasteiger partial charge in [-0.1, -0.05) is 25.0 Å². The maximum atomic E-state index is 12.8. The van der Waals surface area contributed by atoms with Crippen LogP contribution in [-0.4, -0.2) is 42.2 Å². The lowest BCUT2D eigenvalue weighted by Crippen LogP contribution is -2.40. The van der Waals surface area contributed by atoms with Crippen molar-refractivity contribution < 1.29 is 14.3 Å². The van der Waals surface area contributed by atoms with E-state index < -0.39 is 0 Å². The van der Waals surface area contributed by atoms with Crippen molar-refractivity contribution in [2.75, 3.05) is 20.1 Å². The van der Waals surface area contributed by atoms with E-state index in [1.54, 1.807) is 12.1 Å². The van der Waals surface area contributed by atoms with E-state index in [9.17, 15) is 14.3 Å². The second-order valence-electron chi connectivity index (χ2n) is 6.21. The molecule has 1 aromatic carbocycles. The van der Waals surface area contributed by atoms with E-state index >= 15 is 0 Å². The van der Waals surface area contributed by atoms with Gasteiger partial charge in [0.2, 0.25) is 5.91 Å². The Labute approximate surface area is 131 Å². The summed E-state index contributed by atoms with van der Waals surface area (Å²) in [7, 11) is 1.90. The molecule has 2 atom stereocenters. The van der Waals surface area contributed by atoms with Gasteiger partial charge in [0.15, 0.2) is 0 Å². The Kier molecular flexibility index (Phi) is 6.34. The van der Waals surface area contributed by atoms with E-state index in [1.165, 1.54) is 12.1 Å². The molecule has 2 N–H and O–H groups in total. The number of hydrogen-bond acceptors (Lipinski definition) is 3. The monoisotopic (exact) mass is 308 g/mol. The molecule has 1 fully saturated rings. The predicted molar refractivity (Wildman–Crippen MR) is 83.7 cm³/mol. The first-order valence-corrected chi connectivity index (χ1v) is 7.92. The molecule has 1 aromatic rings. The second kappa shape index (κ2) is 8.25. The zero-order chi connectivity index (χ0) is 15.9. The van der Waals surface area contributed by atoms with Gasteiger partial charge in [-0.05, 0) is 43.5 Å². The molecule has 2 rings (SSSR count). The number of aliphatic hydroxyl groups is 1. The number of carbonyl (C=O) groups is 1. The topological polar surface area (TPSA) is 52.6 Å². The van der Waals surface area contributed by atoms with Crippen LogP contribution in [0.5, 0.6) is 0 Å². The smallest absolute Gasteiger partial charge is 0.234 e. The molecule has 1 saturated carbocycles. The summed E-state index contributed by atoms with van der Waals surface area (Å²) in [5.74, 6) is -0.0679. The van der Waals surface area contributed by atoms with Crippen LogP contribution >= 0.6 is 0 Å². The molecule has 1 aliphatic carbocycles. The van der Waals surface area contributed by atoms with Gasteiger partial charge >= 0.3 is 0 Å². The standard InChI is InChI=1S/C17H25FN2O2/c1-20(11-14-4-2-3-5-16(14)21)12-17(22)19-10-13-6-8-15(18)9-7-13/h6-9,14,16,21H,2-5,10-12H2,1H3,(H,19,22). The summed E-state index contributed by atoms with van der Waals surface area (Å²) >= 11 is 0. The van der Waals surface area contributed by atoms with Crippen molar-refractivity contribution in [3.05, 3.63) is 35.6 Å². The largest absolute Gasteiger partial charge is 0.393 e. The summed E-state index contributed by atoms with van der Waals surface area (Å²) in [6.45, 7) is 1.45. The molecular formula is C17H25FN2O2.